The summed E-state index contributed by atoms with van der Waals surface area (Å²) in [7, 11) is 0. The Kier molecular flexibility index (Phi) is 4.96. The van der Waals surface area contributed by atoms with Crippen LogP contribution >= 0.6 is 0 Å². The Morgan fingerprint density at radius 3 is 2.52 bits per heavy atom. The van der Waals surface area contributed by atoms with Crippen molar-refractivity contribution >= 4 is 17.6 Å². The fourth-order valence-electron chi connectivity index (χ4n) is 2.49. The van der Waals surface area contributed by atoms with Crippen LogP contribution < -0.4 is 5.32 Å². The molecule has 1 aliphatic heterocycles. The van der Waals surface area contributed by atoms with Gasteiger partial charge in [0.15, 0.2) is 0 Å². The lowest BCUT2D eigenvalue weighted by molar-refractivity contribution is -0.137. The second-order valence-corrected chi connectivity index (χ2v) is 5.62. The van der Waals surface area contributed by atoms with E-state index in [1.54, 1.807) is 12.1 Å². The van der Waals surface area contributed by atoms with Crippen molar-refractivity contribution < 1.29 is 19.4 Å². The van der Waals surface area contributed by atoms with Crippen LogP contribution in [0.3, 0.4) is 0 Å². The lowest BCUT2D eigenvalue weighted by atomic mass is 9.98. The Labute approximate surface area is 124 Å². The quantitative estimate of drug-likeness (QED) is 0.874. The number of ether oxygens (including phenoxy) is 1. The van der Waals surface area contributed by atoms with Crippen LogP contribution in [0.15, 0.2) is 24.3 Å². The minimum atomic E-state index is -0.813. The fourth-order valence-corrected chi connectivity index (χ4v) is 2.49. The Morgan fingerprint density at radius 1 is 1.33 bits per heavy atom. The second-order valence-electron chi connectivity index (χ2n) is 5.62. The van der Waals surface area contributed by atoms with Gasteiger partial charge in [0.2, 0.25) is 0 Å². The molecule has 5 nitrogen and oxygen atoms in total. The molecule has 114 valence electrons. The molecule has 5 heteroatoms. The van der Waals surface area contributed by atoms with Crippen molar-refractivity contribution in [2.75, 3.05) is 5.32 Å². The van der Waals surface area contributed by atoms with Gasteiger partial charge in [-0.25, -0.2) is 0 Å². The van der Waals surface area contributed by atoms with Crippen LogP contribution in [-0.4, -0.2) is 29.2 Å². The highest BCUT2D eigenvalue weighted by Crippen LogP contribution is 2.23. The zero-order chi connectivity index (χ0) is 15.4. The lowest BCUT2D eigenvalue weighted by Crippen LogP contribution is -2.27. The van der Waals surface area contributed by atoms with Gasteiger partial charge in [0, 0.05) is 5.69 Å². The topological polar surface area (TPSA) is 75.6 Å². The molecule has 0 aliphatic carbocycles. The number of amides is 1. The predicted molar refractivity (Wildman–Crippen MR) is 79.3 cm³/mol. The first-order chi connectivity index (χ1) is 9.95. The molecule has 1 fully saturated rings. The molecule has 2 N–H and O–H groups in total. The van der Waals surface area contributed by atoms with Crippen molar-refractivity contribution in [1.29, 1.82) is 0 Å². The summed E-state index contributed by atoms with van der Waals surface area (Å²) in [5, 5.41) is 11.6. The van der Waals surface area contributed by atoms with E-state index in [0.29, 0.717) is 5.69 Å². The number of aliphatic carboxylic acids is 1. The summed E-state index contributed by atoms with van der Waals surface area (Å²) in [5.41, 5.74) is 1.65. The molecule has 0 aromatic heterocycles. The van der Waals surface area contributed by atoms with Gasteiger partial charge >= 0.3 is 5.97 Å². The second kappa shape index (κ2) is 6.72. The number of carboxylic acids is 1. The van der Waals surface area contributed by atoms with Crippen LogP contribution in [0.1, 0.15) is 44.6 Å². The number of carbonyl (C=O) groups is 2. The molecule has 1 amide bonds. The van der Waals surface area contributed by atoms with Gasteiger partial charge < -0.3 is 15.2 Å². The Hall–Kier alpha value is -1.88. The van der Waals surface area contributed by atoms with Crippen molar-refractivity contribution in [2.45, 2.75) is 51.2 Å². The van der Waals surface area contributed by atoms with Crippen LogP contribution in [0.5, 0.6) is 0 Å². The highest BCUT2D eigenvalue weighted by atomic mass is 16.5. The summed E-state index contributed by atoms with van der Waals surface area (Å²) in [6.45, 7) is 3.83. The van der Waals surface area contributed by atoms with Gasteiger partial charge in [-0.1, -0.05) is 19.1 Å². The van der Waals surface area contributed by atoms with Crippen molar-refractivity contribution in [2.24, 2.45) is 0 Å². The molecule has 0 bridgehead atoms. The first-order valence-corrected chi connectivity index (χ1v) is 7.23. The Bertz CT molecular complexity index is 512. The van der Waals surface area contributed by atoms with E-state index in [-0.39, 0.29) is 30.5 Å². The van der Waals surface area contributed by atoms with E-state index < -0.39 is 5.97 Å². The summed E-state index contributed by atoms with van der Waals surface area (Å²) < 4.78 is 5.52. The first-order valence-electron chi connectivity index (χ1n) is 7.23. The number of rotatable bonds is 5. The zero-order valence-corrected chi connectivity index (χ0v) is 12.3. The van der Waals surface area contributed by atoms with Crippen LogP contribution in [0.25, 0.3) is 0 Å². The molecule has 1 aromatic rings. The highest BCUT2D eigenvalue weighted by molar-refractivity contribution is 5.94. The summed E-state index contributed by atoms with van der Waals surface area (Å²) in [6.07, 6.45) is 1.52. The maximum absolute atomic E-state index is 12.0. The normalized spacial score (nSPS) is 22.8. The van der Waals surface area contributed by atoms with Gasteiger partial charge in [-0.3, -0.25) is 9.59 Å². The van der Waals surface area contributed by atoms with E-state index in [1.807, 2.05) is 26.0 Å². The number of carboxylic acid groups (broad SMARTS) is 1. The molecule has 21 heavy (non-hydrogen) atoms. The van der Waals surface area contributed by atoms with E-state index in [0.717, 1.165) is 18.4 Å². The average Bonchev–Trinajstić information content (AvgIpc) is 2.85. The van der Waals surface area contributed by atoms with Crippen molar-refractivity contribution in [1.82, 2.24) is 0 Å². The molecule has 1 aliphatic rings. The number of hydrogen-bond donors (Lipinski definition) is 2. The minimum Gasteiger partial charge on any atom is -0.481 e. The van der Waals surface area contributed by atoms with Crippen LogP contribution in [0.2, 0.25) is 0 Å². The van der Waals surface area contributed by atoms with E-state index in [4.69, 9.17) is 9.84 Å². The summed E-state index contributed by atoms with van der Waals surface area (Å²) in [6, 6.07) is 7.29. The maximum Gasteiger partial charge on any atom is 0.303 e. The first kappa shape index (κ1) is 15.5. The van der Waals surface area contributed by atoms with Crippen LogP contribution in [0.4, 0.5) is 5.69 Å². The van der Waals surface area contributed by atoms with Gasteiger partial charge in [0.25, 0.3) is 5.91 Å². The highest BCUT2D eigenvalue weighted by Gasteiger charge is 2.28. The summed E-state index contributed by atoms with van der Waals surface area (Å²) in [4.78, 5) is 22.7. The number of carbonyl (C=O) groups excluding carboxylic acids is 1. The standard InChI is InChI=1S/C16H21NO4/c1-10(9-15(18)19)12-4-6-13(7-5-12)17-16(20)14-8-3-11(2)21-14/h4-7,10-11,14H,3,8-9H2,1-2H3,(H,17,20)(H,18,19). The molecule has 0 radical (unpaired) electrons. The van der Waals surface area contributed by atoms with Crippen LogP contribution in [0, 0.1) is 0 Å². The molecular weight excluding hydrogens is 270 g/mol. The molecule has 1 aromatic carbocycles. The van der Waals surface area contributed by atoms with Crippen molar-refractivity contribution in [3.05, 3.63) is 29.8 Å². The summed E-state index contributed by atoms with van der Waals surface area (Å²) >= 11 is 0. The third-order valence-corrected chi connectivity index (χ3v) is 3.75. The van der Waals surface area contributed by atoms with Crippen molar-refractivity contribution in [3.63, 3.8) is 0 Å². The largest absolute Gasteiger partial charge is 0.481 e. The Balaban J connectivity index is 1.93. The smallest absolute Gasteiger partial charge is 0.303 e. The third-order valence-electron chi connectivity index (χ3n) is 3.75. The minimum absolute atomic E-state index is 0.0498. The molecule has 3 unspecified atom stereocenters. The molecule has 1 heterocycles. The average molecular weight is 291 g/mol. The molecule has 2 rings (SSSR count). The molecular formula is C16H21NO4. The Morgan fingerprint density at radius 2 is 2.00 bits per heavy atom. The third kappa shape index (κ3) is 4.29. The number of anilines is 1. The number of benzene rings is 1. The monoisotopic (exact) mass is 291 g/mol. The van der Waals surface area contributed by atoms with Crippen LogP contribution in [-0.2, 0) is 14.3 Å². The van der Waals surface area contributed by atoms with E-state index in [2.05, 4.69) is 5.32 Å². The van der Waals surface area contributed by atoms with Crippen molar-refractivity contribution in [3.8, 4) is 0 Å². The molecule has 0 saturated carbocycles. The molecule has 0 spiro atoms. The number of nitrogens with one attached hydrogen (secondary N) is 1. The van der Waals surface area contributed by atoms with E-state index in [1.165, 1.54) is 0 Å². The molecule has 1 saturated heterocycles. The van der Waals surface area contributed by atoms with Gasteiger partial charge in [0.1, 0.15) is 6.10 Å². The predicted octanol–water partition coefficient (Wildman–Crippen LogP) is 2.77. The van der Waals surface area contributed by atoms with Gasteiger partial charge in [0.05, 0.1) is 12.5 Å². The maximum atomic E-state index is 12.0. The summed E-state index contributed by atoms with van der Waals surface area (Å²) in [5.74, 6) is -0.982. The lowest BCUT2D eigenvalue weighted by Gasteiger charge is -2.13. The molecule has 3 atom stereocenters. The van der Waals surface area contributed by atoms with E-state index in [9.17, 15) is 9.59 Å². The fraction of sp³-hybridized carbons (Fsp3) is 0.500. The van der Waals surface area contributed by atoms with Gasteiger partial charge in [-0.2, -0.15) is 0 Å². The zero-order valence-electron chi connectivity index (χ0n) is 12.3. The van der Waals surface area contributed by atoms with Gasteiger partial charge in [-0.15, -0.1) is 0 Å². The van der Waals surface area contributed by atoms with E-state index >= 15 is 0 Å². The number of hydrogen-bond acceptors (Lipinski definition) is 3. The van der Waals surface area contributed by atoms with Gasteiger partial charge in [-0.05, 0) is 43.4 Å². The SMILES string of the molecule is CC1CCC(C(=O)Nc2ccc(C(C)CC(=O)O)cc2)O1.